The number of carbonyl (C=O) groups is 1. The average molecular weight is 407 g/mol. The lowest BCUT2D eigenvalue weighted by Crippen LogP contribution is -2.25. The molecular formula is C13H13Br2NO2S. The van der Waals surface area contributed by atoms with Gasteiger partial charge in [0.25, 0.3) is 0 Å². The average Bonchev–Trinajstić information content (AvgIpc) is 2.84. The van der Waals surface area contributed by atoms with Crippen LogP contribution in [0.4, 0.5) is 0 Å². The van der Waals surface area contributed by atoms with Gasteiger partial charge in [-0.1, -0.05) is 0 Å². The van der Waals surface area contributed by atoms with Crippen molar-refractivity contribution in [1.82, 2.24) is 4.90 Å². The Morgan fingerprint density at radius 2 is 2.16 bits per heavy atom. The third-order valence-corrected chi connectivity index (χ3v) is 4.93. The minimum atomic E-state index is 0.0969. The summed E-state index contributed by atoms with van der Waals surface area (Å²) < 4.78 is 7.32. The van der Waals surface area contributed by atoms with E-state index in [-0.39, 0.29) is 5.78 Å². The molecule has 0 aliphatic heterocycles. The van der Waals surface area contributed by atoms with Crippen LogP contribution >= 0.6 is 43.2 Å². The molecule has 0 radical (unpaired) electrons. The Balaban J connectivity index is 1.97. The molecule has 0 unspecified atom stereocenters. The second-order valence-electron chi connectivity index (χ2n) is 4.35. The molecule has 2 rings (SSSR count). The van der Waals surface area contributed by atoms with E-state index in [4.69, 9.17) is 4.42 Å². The van der Waals surface area contributed by atoms with E-state index in [1.54, 1.807) is 0 Å². The standard InChI is InChI=1S/C13H13Br2NO2S/c1-8-3-4-9(18-8)6-16(2)7-11(17)10-5-12(14)19-13(10)15/h3-5H,6-7H2,1-2H3. The third kappa shape index (κ3) is 4.02. The second kappa shape index (κ2) is 6.35. The zero-order chi connectivity index (χ0) is 14.0. The fraction of sp³-hybridized carbons (Fsp3) is 0.308. The molecule has 2 aromatic rings. The number of aryl methyl sites for hydroxylation is 1. The normalized spacial score (nSPS) is 11.2. The van der Waals surface area contributed by atoms with Gasteiger partial charge in [0.05, 0.1) is 20.7 Å². The Morgan fingerprint density at radius 1 is 1.42 bits per heavy atom. The first-order valence-corrected chi connectivity index (χ1v) is 8.08. The summed E-state index contributed by atoms with van der Waals surface area (Å²) in [6.07, 6.45) is 0. The Kier molecular flexibility index (Phi) is 5.00. The molecule has 0 N–H and O–H groups in total. The van der Waals surface area contributed by atoms with Gasteiger partial charge in [-0.25, -0.2) is 0 Å². The van der Waals surface area contributed by atoms with Gasteiger partial charge in [0.1, 0.15) is 11.5 Å². The van der Waals surface area contributed by atoms with Gasteiger partial charge in [0.15, 0.2) is 5.78 Å². The quantitative estimate of drug-likeness (QED) is 0.686. The van der Waals surface area contributed by atoms with Crippen LogP contribution in [0.5, 0.6) is 0 Å². The molecule has 0 bridgehead atoms. The first kappa shape index (κ1) is 15.0. The van der Waals surface area contributed by atoms with Crippen molar-refractivity contribution in [2.24, 2.45) is 0 Å². The van der Waals surface area contributed by atoms with E-state index < -0.39 is 0 Å². The van der Waals surface area contributed by atoms with Gasteiger partial charge in [-0.3, -0.25) is 9.69 Å². The largest absolute Gasteiger partial charge is 0.465 e. The molecule has 0 aromatic carbocycles. The Labute approximate surface area is 132 Å². The highest BCUT2D eigenvalue weighted by atomic mass is 79.9. The highest BCUT2D eigenvalue weighted by Gasteiger charge is 2.16. The van der Waals surface area contributed by atoms with E-state index in [1.165, 1.54) is 11.3 Å². The molecule has 3 nitrogen and oxygen atoms in total. The van der Waals surface area contributed by atoms with Crippen LogP contribution in [0.15, 0.2) is 30.2 Å². The number of rotatable bonds is 5. The van der Waals surface area contributed by atoms with E-state index in [0.717, 1.165) is 24.7 Å². The van der Waals surface area contributed by atoms with Gasteiger partial charge >= 0.3 is 0 Å². The van der Waals surface area contributed by atoms with Crippen LogP contribution in [0.3, 0.4) is 0 Å². The van der Waals surface area contributed by atoms with E-state index in [0.29, 0.717) is 13.1 Å². The lowest BCUT2D eigenvalue weighted by atomic mass is 10.2. The molecule has 2 aromatic heterocycles. The van der Waals surface area contributed by atoms with Crippen molar-refractivity contribution in [2.45, 2.75) is 13.5 Å². The molecule has 0 amide bonds. The van der Waals surface area contributed by atoms with Crippen LogP contribution < -0.4 is 0 Å². The summed E-state index contributed by atoms with van der Waals surface area (Å²) in [6, 6.07) is 5.72. The molecule has 0 atom stereocenters. The third-order valence-electron chi connectivity index (χ3n) is 2.59. The predicted octanol–water partition coefficient (Wildman–Crippen LogP) is 4.49. The smallest absolute Gasteiger partial charge is 0.178 e. The molecule has 0 aliphatic carbocycles. The first-order chi connectivity index (χ1) is 8.95. The Bertz CT molecular complexity index is 591. The Morgan fingerprint density at radius 3 is 2.68 bits per heavy atom. The maximum absolute atomic E-state index is 12.2. The number of hydrogen-bond acceptors (Lipinski definition) is 4. The minimum Gasteiger partial charge on any atom is -0.465 e. The number of halogens is 2. The van der Waals surface area contributed by atoms with Gasteiger partial charge in [-0.2, -0.15) is 0 Å². The van der Waals surface area contributed by atoms with Crippen LogP contribution in [0.1, 0.15) is 21.9 Å². The van der Waals surface area contributed by atoms with E-state index in [1.807, 2.05) is 37.1 Å². The highest BCUT2D eigenvalue weighted by molar-refractivity contribution is 9.12. The van der Waals surface area contributed by atoms with Gasteiger partial charge in [0.2, 0.25) is 0 Å². The summed E-state index contributed by atoms with van der Waals surface area (Å²) >= 11 is 8.30. The molecule has 2 heterocycles. The predicted molar refractivity (Wildman–Crippen MR) is 83.8 cm³/mol. The van der Waals surface area contributed by atoms with Crippen LogP contribution in [0, 0.1) is 6.92 Å². The van der Waals surface area contributed by atoms with Gasteiger partial charge in [-0.05, 0) is 64.0 Å². The number of Topliss-reactive ketones (excluding diaryl/α,β-unsaturated/α-hetero) is 1. The number of ketones is 1. The SMILES string of the molecule is Cc1ccc(CN(C)CC(=O)c2cc(Br)sc2Br)o1. The fourth-order valence-corrected chi connectivity index (χ4v) is 4.61. The summed E-state index contributed by atoms with van der Waals surface area (Å²) in [5, 5.41) is 0. The van der Waals surface area contributed by atoms with Crippen LogP contribution in [-0.4, -0.2) is 24.3 Å². The highest BCUT2D eigenvalue weighted by Crippen LogP contribution is 2.32. The summed E-state index contributed by atoms with van der Waals surface area (Å²) in [5.74, 6) is 1.86. The second-order valence-corrected chi connectivity index (χ2v) is 8.10. The minimum absolute atomic E-state index is 0.0969. The number of nitrogens with zero attached hydrogens (tertiary/aromatic N) is 1. The summed E-state index contributed by atoms with van der Waals surface area (Å²) in [4.78, 5) is 14.1. The molecule has 0 saturated carbocycles. The Hall–Kier alpha value is -0.430. The number of hydrogen-bond donors (Lipinski definition) is 0. The summed E-state index contributed by atoms with van der Waals surface area (Å²) in [5.41, 5.74) is 0.722. The van der Waals surface area contributed by atoms with E-state index >= 15 is 0 Å². The van der Waals surface area contributed by atoms with Gasteiger partial charge in [-0.15, -0.1) is 11.3 Å². The van der Waals surface area contributed by atoms with Gasteiger partial charge < -0.3 is 4.42 Å². The monoisotopic (exact) mass is 405 g/mol. The zero-order valence-corrected chi connectivity index (χ0v) is 14.6. The fourth-order valence-electron chi connectivity index (χ4n) is 1.75. The van der Waals surface area contributed by atoms with Gasteiger partial charge in [0, 0.05) is 5.56 Å². The van der Waals surface area contributed by atoms with E-state index in [9.17, 15) is 4.79 Å². The van der Waals surface area contributed by atoms with Crippen LogP contribution in [-0.2, 0) is 6.54 Å². The maximum Gasteiger partial charge on any atom is 0.178 e. The number of likely N-dealkylation sites (N-methyl/N-ethyl adjacent to an activating group) is 1. The number of thiophene rings is 1. The molecule has 102 valence electrons. The van der Waals surface area contributed by atoms with Crippen molar-refractivity contribution in [2.75, 3.05) is 13.6 Å². The topological polar surface area (TPSA) is 33.5 Å². The van der Waals surface area contributed by atoms with Crippen LogP contribution in [0.25, 0.3) is 0 Å². The lowest BCUT2D eigenvalue weighted by Gasteiger charge is -2.13. The summed E-state index contributed by atoms with van der Waals surface area (Å²) in [6.45, 7) is 2.90. The lowest BCUT2D eigenvalue weighted by molar-refractivity contribution is 0.0939. The van der Waals surface area contributed by atoms with Crippen molar-refractivity contribution in [1.29, 1.82) is 0 Å². The number of carbonyl (C=O) groups excluding carboxylic acids is 1. The van der Waals surface area contributed by atoms with Crippen molar-refractivity contribution in [3.05, 3.63) is 42.9 Å². The molecular weight excluding hydrogens is 394 g/mol. The first-order valence-electron chi connectivity index (χ1n) is 5.67. The van der Waals surface area contributed by atoms with Crippen molar-refractivity contribution in [3.8, 4) is 0 Å². The van der Waals surface area contributed by atoms with Crippen molar-refractivity contribution in [3.63, 3.8) is 0 Å². The number of furan rings is 1. The maximum atomic E-state index is 12.2. The molecule has 0 spiro atoms. The van der Waals surface area contributed by atoms with Crippen molar-refractivity contribution >= 4 is 49.0 Å². The van der Waals surface area contributed by atoms with Crippen molar-refractivity contribution < 1.29 is 9.21 Å². The molecule has 0 saturated heterocycles. The summed E-state index contributed by atoms with van der Waals surface area (Å²) in [7, 11) is 1.91. The zero-order valence-electron chi connectivity index (χ0n) is 10.6. The van der Waals surface area contributed by atoms with Crippen LogP contribution in [0.2, 0.25) is 0 Å². The molecule has 6 heteroatoms. The molecule has 19 heavy (non-hydrogen) atoms. The molecule has 0 aliphatic rings. The van der Waals surface area contributed by atoms with E-state index in [2.05, 4.69) is 31.9 Å². The molecule has 0 fully saturated rings.